The number of aromatic nitrogens is 2. The number of carbonyl (C=O) groups is 3. The summed E-state index contributed by atoms with van der Waals surface area (Å²) in [6, 6.07) is 1.32. The van der Waals surface area contributed by atoms with Crippen LogP contribution in [-0.4, -0.2) is 44.6 Å². The second kappa shape index (κ2) is 5.86. The number of nitrogens with one attached hydrogen (secondary N) is 2. The molecule has 1 aromatic heterocycles. The smallest absolute Gasteiger partial charge is 0.323 e. The molecule has 0 radical (unpaired) electrons. The molecule has 8 heteroatoms. The van der Waals surface area contributed by atoms with Crippen LogP contribution in [0.5, 0.6) is 0 Å². The summed E-state index contributed by atoms with van der Waals surface area (Å²) in [7, 11) is 1.74. The van der Waals surface area contributed by atoms with Crippen molar-refractivity contribution in [3.8, 4) is 0 Å². The van der Waals surface area contributed by atoms with Crippen LogP contribution in [0.3, 0.4) is 0 Å². The van der Waals surface area contributed by atoms with Gasteiger partial charge in [0.1, 0.15) is 17.9 Å². The van der Waals surface area contributed by atoms with Crippen LogP contribution in [0.25, 0.3) is 0 Å². The lowest BCUT2D eigenvalue weighted by molar-refractivity contribution is -0.133. The minimum Gasteiger partial charge on any atom is -0.323 e. The van der Waals surface area contributed by atoms with E-state index in [0.29, 0.717) is 18.7 Å². The van der Waals surface area contributed by atoms with E-state index in [1.165, 1.54) is 0 Å². The molecule has 3 rings (SSSR count). The first-order chi connectivity index (χ1) is 11.6. The number of hydrogen-bond acceptors (Lipinski definition) is 4. The van der Waals surface area contributed by atoms with E-state index in [2.05, 4.69) is 15.7 Å². The zero-order valence-electron chi connectivity index (χ0n) is 15.2. The van der Waals surface area contributed by atoms with Gasteiger partial charge in [0, 0.05) is 18.5 Å². The number of carbonyl (C=O) groups excluding carboxylic acids is 3. The van der Waals surface area contributed by atoms with Crippen molar-refractivity contribution in [1.29, 1.82) is 0 Å². The van der Waals surface area contributed by atoms with Crippen molar-refractivity contribution >= 4 is 23.7 Å². The van der Waals surface area contributed by atoms with Gasteiger partial charge in [0.2, 0.25) is 5.91 Å². The summed E-state index contributed by atoms with van der Waals surface area (Å²) in [5.41, 5.74) is -0.0749. The fraction of sp³-hybridized carbons (Fsp3) is 0.647. The van der Waals surface area contributed by atoms with Crippen molar-refractivity contribution in [2.45, 2.75) is 57.4 Å². The third-order valence-corrected chi connectivity index (χ3v) is 4.92. The maximum absolute atomic E-state index is 12.6. The molecule has 8 nitrogen and oxygen atoms in total. The van der Waals surface area contributed by atoms with Gasteiger partial charge in [-0.25, -0.2) is 4.79 Å². The lowest BCUT2D eigenvalue weighted by Crippen LogP contribution is -2.44. The zero-order valence-corrected chi connectivity index (χ0v) is 15.2. The molecule has 0 atom stereocenters. The van der Waals surface area contributed by atoms with Crippen molar-refractivity contribution in [3.05, 3.63) is 11.8 Å². The maximum atomic E-state index is 12.6. The van der Waals surface area contributed by atoms with Crippen LogP contribution in [0.4, 0.5) is 10.6 Å². The number of aryl methyl sites for hydroxylation is 1. The number of rotatable bonds is 3. The topological polar surface area (TPSA) is 96.3 Å². The Labute approximate surface area is 146 Å². The van der Waals surface area contributed by atoms with E-state index in [0.717, 1.165) is 23.4 Å². The van der Waals surface area contributed by atoms with E-state index >= 15 is 0 Å². The molecule has 1 aromatic rings. The molecule has 2 N–H and O–H groups in total. The van der Waals surface area contributed by atoms with Gasteiger partial charge in [-0.3, -0.25) is 19.2 Å². The highest BCUT2D eigenvalue weighted by Gasteiger charge is 2.52. The first kappa shape index (κ1) is 17.4. The standard InChI is InChI=1S/C17H25N5O3/c1-16(2,3)11-9-12(21(4)20-11)18-13(23)10-22-14(24)17(19-15(22)25)7-5-6-8-17/h9H,5-8,10H2,1-4H3,(H,18,23)(H,19,25). The molecule has 0 aromatic carbocycles. The Balaban J connectivity index is 1.68. The Kier molecular flexibility index (Phi) is 4.09. The SMILES string of the molecule is Cn1nc(C(C)(C)C)cc1NC(=O)CN1C(=O)NC2(CCCC2)C1=O. The van der Waals surface area contributed by atoms with Crippen molar-refractivity contribution < 1.29 is 14.4 Å². The molecule has 0 unspecified atom stereocenters. The minimum atomic E-state index is -0.788. The van der Waals surface area contributed by atoms with Crippen molar-refractivity contribution in [2.24, 2.45) is 7.05 Å². The van der Waals surface area contributed by atoms with Crippen molar-refractivity contribution in [2.75, 3.05) is 11.9 Å². The fourth-order valence-electron chi connectivity index (χ4n) is 3.41. The second-order valence-electron chi connectivity index (χ2n) is 7.95. The number of amides is 4. The summed E-state index contributed by atoms with van der Waals surface area (Å²) in [6.45, 7) is 5.82. The van der Waals surface area contributed by atoms with E-state index in [4.69, 9.17) is 0 Å². The third kappa shape index (κ3) is 3.12. The molecule has 1 aliphatic heterocycles. The molecule has 1 aliphatic carbocycles. The number of imide groups is 1. The van der Waals surface area contributed by atoms with E-state index in [9.17, 15) is 14.4 Å². The molecule has 4 amide bonds. The molecule has 0 bridgehead atoms. The van der Waals surface area contributed by atoms with Gasteiger partial charge in [-0.1, -0.05) is 33.6 Å². The molecule has 2 aliphatic rings. The summed E-state index contributed by atoms with van der Waals surface area (Å²) < 4.78 is 1.59. The number of urea groups is 1. The monoisotopic (exact) mass is 347 g/mol. The fourth-order valence-corrected chi connectivity index (χ4v) is 3.41. The van der Waals surface area contributed by atoms with Crippen LogP contribution in [0.15, 0.2) is 6.07 Å². The van der Waals surface area contributed by atoms with Gasteiger partial charge in [-0.15, -0.1) is 0 Å². The molecule has 1 saturated heterocycles. The highest BCUT2D eigenvalue weighted by molar-refractivity contribution is 6.10. The van der Waals surface area contributed by atoms with Crippen LogP contribution in [-0.2, 0) is 22.1 Å². The molecule has 1 spiro atoms. The van der Waals surface area contributed by atoms with Crippen molar-refractivity contribution in [3.63, 3.8) is 0 Å². The van der Waals surface area contributed by atoms with E-state index in [1.807, 2.05) is 26.8 Å². The summed E-state index contributed by atoms with van der Waals surface area (Å²) in [5, 5.41) is 9.91. The van der Waals surface area contributed by atoms with Gasteiger partial charge in [0.15, 0.2) is 0 Å². The van der Waals surface area contributed by atoms with E-state index in [1.54, 1.807) is 11.7 Å². The molecule has 136 valence electrons. The highest BCUT2D eigenvalue weighted by Crippen LogP contribution is 2.35. The maximum Gasteiger partial charge on any atom is 0.325 e. The third-order valence-electron chi connectivity index (χ3n) is 4.92. The van der Waals surface area contributed by atoms with E-state index in [-0.39, 0.29) is 17.9 Å². The van der Waals surface area contributed by atoms with Gasteiger partial charge in [-0.05, 0) is 12.8 Å². The van der Waals surface area contributed by atoms with Crippen molar-refractivity contribution in [1.82, 2.24) is 20.0 Å². The first-order valence-electron chi connectivity index (χ1n) is 8.61. The second-order valence-corrected chi connectivity index (χ2v) is 7.95. The van der Waals surface area contributed by atoms with Gasteiger partial charge in [0.25, 0.3) is 5.91 Å². The molecular formula is C17H25N5O3. The zero-order chi connectivity index (χ0) is 18.4. The van der Waals surface area contributed by atoms with Gasteiger partial charge < -0.3 is 10.6 Å². The predicted octanol–water partition coefficient (Wildman–Crippen LogP) is 1.52. The van der Waals surface area contributed by atoms with Crippen LogP contribution in [0, 0.1) is 0 Å². The number of nitrogens with zero attached hydrogens (tertiary/aromatic N) is 3. The number of anilines is 1. The molecule has 1 saturated carbocycles. The summed E-state index contributed by atoms with van der Waals surface area (Å²) in [6.07, 6.45) is 3.12. The number of hydrogen-bond donors (Lipinski definition) is 2. The average molecular weight is 347 g/mol. The summed E-state index contributed by atoms with van der Waals surface area (Å²) >= 11 is 0. The molecule has 25 heavy (non-hydrogen) atoms. The molecular weight excluding hydrogens is 322 g/mol. The lowest BCUT2D eigenvalue weighted by Gasteiger charge is -2.19. The highest BCUT2D eigenvalue weighted by atomic mass is 16.2. The Morgan fingerprint density at radius 1 is 1.32 bits per heavy atom. The Hall–Kier alpha value is -2.38. The minimum absolute atomic E-state index is 0.138. The molecule has 2 fully saturated rings. The average Bonchev–Trinajstić information content (AvgIpc) is 3.16. The quantitative estimate of drug-likeness (QED) is 0.810. The Bertz CT molecular complexity index is 725. The first-order valence-corrected chi connectivity index (χ1v) is 8.61. The van der Waals surface area contributed by atoms with Crippen LogP contribution in [0.1, 0.15) is 52.1 Å². The van der Waals surface area contributed by atoms with Crippen LogP contribution >= 0.6 is 0 Å². The van der Waals surface area contributed by atoms with E-state index < -0.39 is 17.5 Å². The Morgan fingerprint density at radius 2 is 1.96 bits per heavy atom. The van der Waals surface area contributed by atoms with Gasteiger partial charge >= 0.3 is 6.03 Å². The summed E-state index contributed by atoms with van der Waals surface area (Å²) in [4.78, 5) is 38.1. The predicted molar refractivity (Wildman–Crippen MR) is 92.0 cm³/mol. The molecule has 2 heterocycles. The largest absolute Gasteiger partial charge is 0.325 e. The summed E-state index contributed by atoms with van der Waals surface area (Å²) in [5.74, 6) is -0.162. The van der Waals surface area contributed by atoms with Gasteiger partial charge in [-0.2, -0.15) is 5.10 Å². The van der Waals surface area contributed by atoms with Gasteiger partial charge in [0.05, 0.1) is 5.69 Å². The van der Waals surface area contributed by atoms with Crippen LogP contribution in [0.2, 0.25) is 0 Å². The van der Waals surface area contributed by atoms with Crippen LogP contribution < -0.4 is 10.6 Å². The normalized spacial score (nSPS) is 19.6. The lowest BCUT2D eigenvalue weighted by atomic mass is 9.92. The Morgan fingerprint density at radius 3 is 2.52 bits per heavy atom.